The third-order valence-electron chi connectivity index (χ3n) is 4.11. The van der Waals surface area contributed by atoms with Crippen molar-refractivity contribution in [1.29, 1.82) is 0 Å². The molecule has 0 spiro atoms. The number of hydrogen-bond acceptors (Lipinski definition) is 2. The molecule has 1 amide bonds. The third-order valence-corrected chi connectivity index (χ3v) is 4.11. The number of hydrogen-bond donors (Lipinski definition) is 1. The smallest absolute Gasteiger partial charge is 0.224 e. The zero-order valence-corrected chi connectivity index (χ0v) is 14.6. The normalized spacial score (nSPS) is 10.9. The lowest BCUT2D eigenvalue weighted by Crippen LogP contribution is -2.24. The van der Waals surface area contributed by atoms with Crippen molar-refractivity contribution in [2.45, 2.75) is 46.7 Å². The highest BCUT2D eigenvalue weighted by Gasteiger charge is 2.12. The van der Waals surface area contributed by atoms with Gasteiger partial charge in [-0.05, 0) is 57.0 Å². The highest BCUT2D eigenvalue weighted by atomic mass is 16.5. The van der Waals surface area contributed by atoms with Gasteiger partial charge < -0.3 is 14.6 Å². The van der Waals surface area contributed by atoms with Gasteiger partial charge in [0.15, 0.2) is 0 Å². The Balaban J connectivity index is 1.95. The Hall–Kier alpha value is -2.23. The second kappa shape index (κ2) is 7.36. The van der Waals surface area contributed by atoms with E-state index in [1.165, 1.54) is 17.0 Å². The molecule has 1 heterocycles. The summed E-state index contributed by atoms with van der Waals surface area (Å²) in [7, 11) is 1.63. The molecule has 1 aromatic heterocycles. The first-order valence-corrected chi connectivity index (χ1v) is 7.99. The first-order chi connectivity index (χ1) is 10.9. The van der Waals surface area contributed by atoms with Crippen LogP contribution < -0.4 is 10.1 Å². The first-order valence-electron chi connectivity index (χ1n) is 7.99. The van der Waals surface area contributed by atoms with Gasteiger partial charge in [-0.15, -0.1) is 0 Å². The molecule has 0 saturated carbocycles. The zero-order valence-electron chi connectivity index (χ0n) is 14.6. The summed E-state index contributed by atoms with van der Waals surface area (Å²) in [5.41, 5.74) is 4.62. The summed E-state index contributed by atoms with van der Waals surface area (Å²) in [6.07, 6.45) is 0.382. The molecule has 0 aliphatic carbocycles. The SMILES string of the molecule is COc1ccc(CC(=O)NCc2cc(C)n(C(C)C)c2C)cc1. The Labute approximate surface area is 138 Å². The summed E-state index contributed by atoms with van der Waals surface area (Å²) in [4.78, 5) is 12.1. The van der Waals surface area contributed by atoms with E-state index >= 15 is 0 Å². The number of methoxy groups -OCH3 is 1. The number of benzene rings is 1. The average Bonchev–Trinajstić information content (AvgIpc) is 2.80. The van der Waals surface area contributed by atoms with Crippen LogP contribution in [0.1, 0.15) is 42.4 Å². The second-order valence-corrected chi connectivity index (χ2v) is 6.16. The summed E-state index contributed by atoms with van der Waals surface area (Å²) >= 11 is 0. The number of nitrogens with zero attached hydrogens (tertiary/aromatic N) is 1. The monoisotopic (exact) mass is 314 g/mol. The highest BCUT2D eigenvalue weighted by Crippen LogP contribution is 2.20. The molecule has 4 heteroatoms. The predicted molar refractivity (Wildman–Crippen MR) is 92.8 cm³/mol. The van der Waals surface area contributed by atoms with Crippen molar-refractivity contribution in [3.63, 3.8) is 0 Å². The maximum absolute atomic E-state index is 12.1. The van der Waals surface area contributed by atoms with Crippen LogP contribution in [-0.4, -0.2) is 17.6 Å². The van der Waals surface area contributed by atoms with E-state index in [1.54, 1.807) is 7.11 Å². The summed E-state index contributed by atoms with van der Waals surface area (Å²) < 4.78 is 7.42. The molecule has 23 heavy (non-hydrogen) atoms. The molecule has 0 aliphatic heterocycles. The van der Waals surface area contributed by atoms with Crippen LogP contribution in [0.5, 0.6) is 5.75 Å². The van der Waals surface area contributed by atoms with Gasteiger partial charge in [0.1, 0.15) is 5.75 Å². The van der Waals surface area contributed by atoms with E-state index < -0.39 is 0 Å². The average molecular weight is 314 g/mol. The van der Waals surface area contributed by atoms with E-state index in [4.69, 9.17) is 4.74 Å². The van der Waals surface area contributed by atoms with Gasteiger partial charge in [0, 0.05) is 24.0 Å². The van der Waals surface area contributed by atoms with Crippen LogP contribution >= 0.6 is 0 Å². The van der Waals surface area contributed by atoms with E-state index in [0.717, 1.165) is 11.3 Å². The topological polar surface area (TPSA) is 43.3 Å². The van der Waals surface area contributed by atoms with Crippen molar-refractivity contribution in [3.05, 3.63) is 52.8 Å². The Morgan fingerprint density at radius 1 is 1.22 bits per heavy atom. The lowest BCUT2D eigenvalue weighted by molar-refractivity contribution is -0.120. The van der Waals surface area contributed by atoms with Crippen molar-refractivity contribution in [2.24, 2.45) is 0 Å². The van der Waals surface area contributed by atoms with Crippen LogP contribution in [0.15, 0.2) is 30.3 Å². The minimum atomic E-state index is 0.0320. The fraction of sp³-hybridized carbons (Fsp3) is 0.421. The molecule has 0 aliphatic rings. The van der Waals surface area contributed by atoms with Gasteiger partial charge in [-0.1, -0.05) is 12.1 Å². The van der Waals surface area contributed by atoms with Crippen LogP contribution in [0.3, 0.4) is 0 Å². The minimum Gasteiger partial charge on any atom is -0.497 e. The van der Waals surface area contributed by atoms with Crippen LogP contribution in [0.4, 0.5) is 0 Å². The maximum atomic E-state index is 12.1. The fourth-order valence-electron chi connectivity index (χ4n) is 3.00. The number of rotatable bonds is 6. The van der Waals surface area contributed by atoms with E-state index in [-0.39, 0.29) is 5.91 Å². The van der Waals surface area contributed by atoms with Crippen molar-refractivity contribution in [1.82, 2.24) is 9.88 Å². The number of carbonyl (C=O) groups excluding carboxylic acids is 1. The molecule has 1 aromatic carbocycles. The van der Waals surface area contributed by atoms with E-state index in [0.29, 0.717) is 19.0 Å². The fourth-order valence-corrected chi connectivity index (χ4v) is 3.00. The van der Waals surface area contributed by atoms with E-state index in [9.17, 15) is 4.79 Å². The number of nitrogens with one attached hydrogen (secondary N) is 1. The maximum Gasteiger partial charge on any atom is 0.224 e. The number of amides is 1. The number of aromatic nitrogens is 1. The predicted octanol–water partition coefficient (Wildman–Crippen LogP) is 3.55. The molecular weight excluding hydrogens is 288 g/mol. The number of carbonyl (C=O) groups is 1. The molecule has 2 aromatic rings. The Kier molecular flexibility index (Phi) is 5.48. The molecule has 0 saturated heterocycles. The Morgan fingerprint density at radius 2 is 1.87 bits per heavy atom. The van der Waals surface area contributed by atoms with Gasteiger partial charge in [0.05, 0.1) is 13.5 Å². The van der Waals surface area contributed by atoms with Crippen LogP contribution in [-0.2, 0) is 17.8 Å². The van der Waals surface area contributed by atoms with Gasteiger partial charge >= 0.3 is 0 Å². The highest BCUT2D eigenvalue weighted by molar-refractivity contribution is 5.78. The molecule has 0 radical (unpaired) electrons. The Bertz CT molecular complexity index is 669. The lowest BCUT2D eigenvalue weighted by Gasteiger charge is -2.14. The molecule has 0 bridgehead atoms. The molecule has 1 N–H and O–H groups in total. The molecule has 124 valence electrons. The third kappa shape index (κ3) is 4.15. The largest absolute Gasteiger partial charge is 0.497 e. The lowest BCUT2D eigenvalue weighted by atomic mass is 10.1. The first kappa shape index (κ1) is 17.1. The standard InChI is InChI=1S/C19H26N2O2/c1-13(2)21-14(3)10-17(15(21)4)12-20-19(22)11-16-6-8-18(23-5)9-7-16/h6-10,13H,11-12H2,1-5H3,(H,20,22). The van der Waals surface area contributed by atoms with Gasteiger partial charge in [-0.2, -0.15) is 0 Å². The number of ether oxygens (including phenoxy) is 1. The van der Waals surface area contributed by atoms with Gasteiger partial charge in [0.2, 0.25) is 5.91 Å². The zero-order chi connectivity index (χ0) is 17.0. The summed E-state index contributed by atoms with van der Waals surface area (Å²) in [6, 6.07) is 10.2. The summed E-state index contributed by atoms with van der Waals surface area (Å²) in [5.74, 6) is 0.833. The van der Waals surface area contributed by atoms with Gasteiger partial charge in [0.25, 0.3) is 0 Å². The van der Waals surface area contributed by atoms with E-state index in [2.05, 4.69) is 43.6 Å². The Morgan fingerprint density at radius 3 is 2.39 bits per heavy atom. The molecule has 0 atom stereocenters. The van der Waals surface area contributed by atoms with Crippen molar-refractivity contribution in [2.75, 3.05) is 7.11 Å². The number of aryl methyl sites for hydroxylation is 1. The van der Waals surface area contributed by atoms with Crippen molar-refractivity contribution in [3.8, 4) is 5.75 Å². The molecular formula is C19H26N2O2. The molecule has 0 unspecified atom stereocenters. The summed E-state index contributed by atoms with van der Waals surface area (Å²) in [6.45, 7) is 9.13. The van der Waals surface area contributed by atoms with Gasteiger partial charge in [-0.3, -0.25) is 4.79 Å². The molecule has 2 rings (SSSR count). The van der Waals surface area contributed by atoms with Crippen molar-refractivity contribution >= 4 is 5.91 Å². The second-order valence-electron chi connectivity index (χ2n) is 6.16. The van der Waals surface area contributed by atoms with Gasteiger partial charge in [-0.25, -0.2) is 0 Å². The molecule has 0 fully saturated rings. The minimum absolute atomic E-state index is 0.0320. The summed E-state index contributed by atoms with van der Waals surface area (Å²) in [5, 5.41) is 3.01. The van der Waals surface area contributed by atoms with Crippen LogP contribution in [0, 0.1) is 13.8 Å². The van der Waals surface area contributed by atoms with Crippen molar-refractivity contribution < 1.29 is 9.53 Å². The molecule has 4 nitrogen and oxygen atoms in total. The van der Waals surface area contributed by atoms with E-state index in [1.807, 2.05) is 24.3 Å². The van der Waals surface area contributed by atoms with Crippen LogP contribution in [0.2, 0.25) is 0 Å². The quantitative estimate of drug-likeness (QED) is 0.886. The van der Waals surface area contributed by atoms with Crippen LogP contribution in [0.25, 0.3) is 0 Å².